The second-order valence-corrected chi connectivity index (χ2v) is 4.04. The average Bonchev–Trinajstić information content (AvgIpc) is 2.60. The second kappa shape index (κ2) is 4.30. The van der Waals surface area contributed by atoms with E-state index in [0.717, 1.165) is 22.6 Å². The van der Waals surface area contributed by atoms with E-state index in [1.54, 1.807) is 10.7 Å². The first-order valence-electron chi connectivity index (χ1n) is 5.39. The van der Waals surface area contributed by atoms with Crippen LogP contribution in [0.4, 0.5) is 11.4 Å². The van der Waals surface area contributed by atoms with Crippen molar-refractivity contribution in [2.24, 2.45) is 7.05 Å². The number of para-hydroxylation sites is 1. The third kappa shape index (κ3) is 2.13. The molecule has 0 atom stereocenters. The average molecular weight is 226 g/mol. The van der Waals surface area contributed by atoms with Crippen molar-refractivity contribution >= 4 is 11.4 Å². The van der Waals surface area contributed by atoms with E-state index in [1.165, 1.54) is 0 Å². The molecular weight excluding hydrogens is 212 g/mol. The highest BCUT2D eigenvalue weighted by Gasteiger charge is 2.08. The molecule has 1 heterocycles. The predicted molar refractivity (Wildman–Crippen MR) is 67.1 cm³/mol. The molecule has 2 aromatic rings. The predicted octanol–water partition coefficient (Wildman–Crippen LogP) is 2.65. The fourth-order valence-electron chi connectivity index (χ4n) is 1.78. The van der Waals surface area contributed by atoms with Gasteiger partial charge in [-0.15, -0.1) is 0 Å². The van der Waals surface area contributed by atoms with Crippen LogP contribution in [0.25, 0.3) is 0 Å². The molecule has 0 aliphatic rings. The summed E-state index contributed by atoms with van der Waals surface area (Å²) in [5.41, 5.74) is 4.39. The Labute approximate surface area is 100 Å². The molecule has 0 aliphatic carbocycles. The summed E-state index contributed by atoms with van der Waals surface area (Å²) in [6.07, 6.45) is 1.91. The minimum atomic E-state index is 0.647. The van der Waals surface area contributed by atoms with E-state index in [0.29, 0.717) is 5.56 Å². The first-order chi connectivity index (χ1) is 8.11. The summed E-state index contributed by atoms with van der Waals surface area (Å²) in [7, 11) is 1.88. The van der Waals surface area contributed by atoms with E-state index in [4.69, 9.17) is 5.26 Å². The van der Waals surface area contributed by atoms with E-state index < -0.39 is 0 Å². The Kier molecular flexibility index (Phi) is 2.84. The van der Waals surface area contributed by atoms with Crippen molar-refractivity contribution < 1.29 is 0 Å². The van der Waals surface area contributed by atoms with E-state index in [2.05, 4.69) is 16.5 Å². The summed E-state index contributed by atoms with van der Waals surface area (Å²) in [6, 6.07) is 7.86. The maximum absolute atomic E-state index is 9.08. The molecule has 0 amide bonds. The highest BCUT2D eigenvalue weighted by atomic mass is 15.3. The van der Waals surface area contributed by atoms with Gasteiger partial charge in [0.2, 0.25) is 0 Å². The number of nitriles is 1. The van der Waals surface area contributed by atoms with Crippen LogP contribution in [0.3, 0.4) is 0 Å². The molecule has 0 radical (unpaired) electrons. The van der Waals surface area contributed by atoms with Crippen LogP contribution in [-0.4, -0.2) is 9.78 Å². The van der Waals surface area contributed by atoms with Gasteiger partial charge in [-0.1, -0.05) is 12.1 Å². The number of aryl methyl sites for hydroxylation is 3. The fourth-order valence-corrected chi connectivity index (χ4v) is 1.78. The number of benzene rings is 1. The van der Waals surface area contributed by atoms with Crippen LogP contribution in [-0.2, 0) is 7.05 Å². The zero-order valence-electron chi connectivity index (χ0n) is 10.2. The van der Waals surface area contributed by atoms with Gasteiger partial charge in [-0.3, -0.25) is 4.68 Å². The lowest BCUT2D eigenvalue weighted by molar-refractivity contribution is 0.756. The van der Waals surface area contributed by atoms with Gasteiger partial charge in [0.05, 0.1) is 22.6 Å². The lowest BCUT2D eigenvalue weighted by Crippen LogP contribution is -1.96. The van der Waals surface area contributed by atoms with Crippen LogP contribution in [0.5, 0.6) is 0 Å². The Hall–Kier alpha value is -2.28. The van der Waals surface area contributed by atoms with Crippen LogP contribution >= 0.6 is 0 Å². The van der Waals surface area contributed by atoms with Crippen molar-refractivity contribution in [3.8, 4) is 6.07 Å². The number of rotatable bonds is 2. The van der Waals surface area contributed by atoms with Crippen molar-refractivity contribution in [1.82, 2.24) is 9.78 Å². The summed E-state index contributed by atoms with van der Waals surface area (Å²) < 4.78 is 1.75. The first-order valence-corrected chi connectivity index (χ1v) is 5.39. The van der Waals surface area contributed by atoms with Gasteiger partial charge in [0.15, 0.2) is 0 Å². The van der Waals surface area contributed by atoms with E-state index in [1.807, 2.05) is 39.2 Å². The second-order valence-electron chi connectivity index (χ2n) is 4.04. The molecule has 0 bridgehead atoms. The summed E-state index contributed by atoms with van der Waals surface area (Å²) in [5.74, 6) is 0. The normalized spacial score (nSPS) is 10.0. The Morgan fingerprint density at radius 1 is 1.35 bits per heavy atom. The Bertz CT molecular complexity index is 590. The van der Waals surface area contributed by atoms with E-state index in [-0.39, 0.29) is 0 Å². The van der Waals surface area contributed by atoms with Crippen LogP contribution in [0, 0.1) is 25.2 Å². The molecule has 2 rings (SSSR count). The molecule has 4 nitrogen and oxygen atoms in total. The molecule has 4 heteroatoms. The lowest BCUT2D eigenvalue weighted by atomic mass is 10.1. The zero-order chi connectivity index (χ0) is 12.4. The molecule has 86 valence electrons. The van der Waals surface area contributed by atoms with Crippen molar-refractivity contribution in [2.45, 2.75) is 13.8 Å². The van der Waals surface area contributed by atoms with Crippen molar-refractivity contribution in [2.75, 3.05) is 5.32 Å². The van der Waals surface area contributed by atoms with Crippen molar-refractivity contribution in [3.05, 3.63) is 41.2 Å². The number of nitrogens with one attached hydrogen (secondary N) is 1. The Balaban J connectivity index is 2.43. The summed E-state index contributed by atoms with van der Waals surface area (Å²) in [5, 5.41) is 16.6. The number of anilines is 2. The molecule has 0 fully saturated rings. The van der Waals surface area contributed by atoms with Crippen LogP contribution in [0.15, 0.2) is 24.4 Å². The van der Waals surface area contributed by atoms with E-state index in [9.17, 15) is 0 Å². The lowest BCUT2D eigenvalue weighted by Gasteiger charge is -2.09. The number of nitrogens with zero attached hydrogens (tertiary/aromatic N) is 3. The topological polar surface area (TPSA) is 53.6 Å². The molecule has 0 unspecified atom stereocenters. The Morgan fingerprint density at radius 2 is 2.12 bits per heavy atom. The standard InChI is InChI=1S/C13H14N4/c1-9-5-4-6-11(7-14)13(9)15-12-8-17(3)16-10(12)2/h4-6,8,15H,1-3H3. The van der Waals surface area contributed by atoms with Gasteiger partial charge in [0.1, 0.15) is 6.07 Å². The monoisotopic (exact) mass is 226 g/mol. The molecule has 1 N–H and O–H groups in total. The van der Waals surface area contributed by atoms with Gasteiger partial charge in [0.25, 0.3) is 0 Å². The number of aromatic nitrogens is 2. The molecule has 0 aliphatic heterocycles. The zero-order valence-corrected chi connectivity index (χ0v) is 10.2. The van der Waals surface area contributed by atoms with Crippen molar-refractivity contribution in [1.29, 1.82) is 5.26 Å². The van der Waals surface area contributed by atoms with Gasteiger partial charge in [0, 0.05) is 13.2 Å². The largest absolute Gasteiger partial charge is 0.351 e. The maximum Gasteiger partial charge on any atom is 0.101 e. The highest BCUT2D eigenvalue weighted by molar-refractivity contribution is 5.70. The van der Waals surface area contributed by atoms with Crippen molar-refractivity contribution in [3.63, 3.8) is 0 Å². The highest BCUT2D eigenvalue weighted by Crippen LogP contribution is 2.25. The molecule has 0 saturated heterocycles. The molecular formula is C13H14N4. The maximum atomic E-state index is 9.08. The van der Waals surface area contributed by atoms with Gasteiger partial charge < -0.3 is 5.32 Å². The first kappa shape index (κ1) is 11.2. The molecule has 1 aromatic carbocycles. The third-order valence-corrected chi connectivity index (χ3v) is 2.67. The molecule has 0 saturated carbocycles. The van der Waals surface area contributed by atoms with Crippen LogP contribution < -0.4 is 5.32 Å². The van der Waals surface area contributed by atoms with Gasteiger partial charge in [-0.25, -0.2) is 0 Å². The quantitative estimate of drug-likeness (QED) is 0.856. The Morgan fingerprint density at radius 3 is 2.71 bits per heavy atom. The van der Waals surface area contributed by atoms with E-state index >= 15 is 0 Å². The van der Waals surface area contributed by atoms with Gasteiger partial charge >= 0.3 is 0 Å². The molecule has 1 aromatic heterocycles. The summed E-state index contributed by atoms with van der Waals surface area (Å²) in [6.45, 7) is 3.92. The summed E-state index contributed by atoms with van der Waals surface area (Å²) in [4.78, 5) is 0. The van der Waals surface area contributed by atoms with Crippen LogP contribution in [0.2, 0.25) is 0 Å². The summed E-state index contributed by atoms with van der Waals surface area (Å²) >= 11 is 0. The SMILES string of the molecule is Cc1cccc(C#N)c1Nc1cn(C)nc1C. The molecule has 17 heavy (non-hydrogen) atoms. The smallest absolute Gasteiger partial charge is 0.101 e. The number of hydrogen-bond donors (Lipinski definition) is 1. The minimum Gasteiger partial charge on any atom is -0.351 e. The van der Waals surface area contributed by atoms with Crippen LogP contribution in [0.1, 0.15) is 16.8 Å². The van der Waals surface area contributed by atoms with Gasteiger partial charge in [-0.2, -0.15) is 10.4 Å². The third-order valence-electron chi connectivity index (χ3n) is 2.67. The fraction of sp³-hybridized carbons (Fsp3) is 0.231. The van der Waals surface area contributed by atoms with Gasteiger partial charge in [-0.05, 0) is 25.5 Å². The molecule has 0 spiro atoms. The number of hydrogen-bond acceptors (Lipinski definition) is 3. The minimum absolute atomic E-state index is 0.647.